The Labute approximate surface area is 157 Å². The number of benzene rings is 2. The highest BCUT2D eigenvalue weighted by Crippen LogP contribution is 2.27. The summed E-state index contributed by atoms with van der Waals surface area (Å²) in [4.78, 5) is 22.8. The molecule has 2 aromatic carbocycles. The summed E-state index contributed by atoms with van der Waals surface area (Å²) >= 11 is 0. The zero-order valence-corrected chi connectivity index (χ0v) is 15.1. The van der Waals surface area contributed by atoms with Crippen molar-refractivity contribution in [3.63, 3.8) is 0 Å². The Balaban J connectivity index is 2.02. The molecule has 0 spiro atoms. The SMILES string of the molecule is CCOC(=O)c1ccc(-n2c(CCC(=O)[O-])ccc2-c2ccccc2)cc1. The van der Waals surface area contributed by atoms with Crippen LogP contribution in [0.2, 0.25) is 0 Å². The van der Waals surface area contributed by atoms with Crippen LogP contribution in [0.1, 0.15) is 29.4 Å². The highest BCUT2D eigenvalue weighted by atomic mass is 16.5. The molecule has 27 heavy (non-hydrogen) atoms. The van der Waals surface area contributed by atoms with Crippen LogP contribution in [-0.4, -0.2) is 23.1 Å². The van der Waals surface area contributed by atoms with Crippen molar-refractivity contribution in [2.24, 2.45) is 0 Å². The van der Waals surface area contributed by atoms with Crippen LogP contribution in [0.3, 0.4) is 0 Å². The van der Waals surface area contributed by atoms with Gasteiger partial charge in [0.05, 0.1) is 17.9 Å². The fourth-order valence-corrected chi connectivity index (χ4v) is 3.00. The van der Waals surface area contributed by atoms with Gasteiger partial charge < -0.3 is 19.2 Å². The van der Waals surface area contributed by atoms with E-state index in [-0.39, 0.29) is 12.4 Å². The van der Waals surface area contributed by atoms with E-state index in [1.807, 2.05) is 59.2 Å². The summed E-state index contributed by atoms with van der Waals surface area (Å²) in [6.45, 7) is 2.09. The number of carbonyl (C=O) groups is 2. The van der Waals surface area contributed by atoms with Gasteiger partial charge in [-0.3, -0.25) is 0 Å². The lowest BCUT2D eigenvalue weighted by Gasteiger charge is -2.15. The number of ether oxygens (including phenoxy) is 1. The van der Waals surface area contributed by atoms with E-state index >= 15 is 0 Å². The third-order valence-electron chi connectivity index (χ3n) is 4.25. The van der Waals surface area contributed by atoms with Gasteiger partial charge in [0.1, 0.15) is 0 Å². The summed E-state index contributed by atoms with van der Waals surface area (Å²) in [6.07, 6.45) is 0.300. The molecule has 1 aromatic heterocycles. The topological polar surface area (TPSA) is 71.4 Å². The number of aliphatic carboxylic acids is 1. The van der Waals surface area contributed by atoms with Crippen molar-refractivity contribution in [1.29, 1.82) is 0 Å². The second kappa shape index (κ2) is 8.36. The molecule has 0 aliphatic carbocycles. The molecule has 0 bridgehead atoms. The van der Waals surface area contributed by atoms with Gasteiger partial charge in [0.25, 0.3) is 0 Å². The number of carboxylic acids is 1. The third kappa shape index (κ3) is 4.26. The van der Waals surface area contributed by atoms with Gasteiger partial charge >= 0.3 is 5.97 Å². The molecule has 5 heteroatoms. The summed E-state index contributed by atoms with van der Waals surface area (Å²) < 4.78 is 7.03. The Morgan fingerprint density at radius 2 is 1.67 bits per heavy atom. The standard InChI is InChI=1S/C22H21NO4/c1-2-27-22(26)17-8-10-18(11-9-17)23-19(13-15-21(24)25)12-14-20(23)16-6-4-3-5-7-16/h3-12,14H,2,13,15H2,1H3,(H,24,25)/p-1. The molecule has 3 rings (SSSR count). The van der Waals surface area contributed by atoms with Gasteiger partial charge in [-0.2, -0.15) is 0 Å². The van der Waals surface area contributed by atoms with E-state index in [1.54, 1.807) is 19.1 Å². The van der Waals surface area contributed by atoms with Crippen molar-refractivity contribution < 1.29 is 19.4 Å². The monoisotopic (exact) mass is 362 g/mol. The number of hydrogen-bond donors (Lipinski definition) is 0. The van der Waals surface area contributed by atoms with Crippen molar-refractivity contribution in [1.82, 2.24) is 4.57 Å². The lowest BCUT2D eigenvalue weighted by atomic mass is 10.1. The van der Waals surface area contributed by atoms with E-state index in [0.717, 1.165) is 22.6 Å². The molecule has 0 aliphatic heterocycles. The van der Waals surface area contributed by atoms with Crippen molar-refractivity contribution in [3.05, 3.63) is 78.0 Å². The largest absolute Gasteiger partial charge is 0.550 e. The fraction of sp³-hybridized carbons (Fsp3) is 0.182. The lowest BCUT2D eigenvalue weighted by Crippen LogP contribution is -2.22. The molecule has 0 fully saturated rings. The Morgan fingerprint density at radius 1 is 0.963 bits per heavy atom. The van der Waals surface area contributed by atoms with Crippen LogP contribution in [-0.2, 0) is 16.0 Å². The number of carboxylic acid groups (broad SMARTS) is 1. The van der Waals surface area contributed by atoms with Gasteiger partial charge in [-0.1, -0.05) is 30.3 Å². The quantitative estimate of drug-likeness (QED) is 0.606. The predicted molar refractivity (Wildman–Crippen MR) is 100 cm³/mol. The third-order valence-corrected chi connectivity index (χ3v) is 4.25. The molecular weight excluding hydrogens is 342 g/mol. The molecule has 0 saturated heterocycles. The van der Waals surface area contributed by atoms with E-state index in [4.69, 9.17) is 4.74 Å². The smallest absolute Gasteiger partial charge is 0.338 e. The molecule has 0 atom stereocenters. The molecule has 0 N–H and O–H groups in total. The molecule has 0 amide bonds. The maximum Gasteiger partial charge on any atom is 0.338 e. The maximum atomic E-state index is 11.9. The maximum absolute atomic E-state index is 11.9. The first-order chi connectivity index (χ1) is 13.1. The van der Waals surface area contributed by atoms with Gasteiger partial charge in [-0.15, -0.1) is 0 Å². The van der Waals surface area contributed by atoms with Gasteiger partial charge in [-0.25, -0.2) is 4.79 Å². The van der Waals surface area contributed by atoms with Crippen LogP contribution in [0.4, 0.5) is 0 Å². The van der Waals surface area contributed by atoms with Crippen LogP contribution in [0.5, 0.6) is 0 Å². The Morgan fingerprint density at radius 3 is 2.30 bits per heavy atom. The van der Waals surface area contributed by atoms with Crippen LogP contribution in [0, 0.1) is 0 Å². The first kappa shape index (κ1) is 18.5. The molecule has 0 radical (unpaired) electrons. The second-order valence-electron chi connectivity index (χ2n) is 6.05. The van der Waals surface area contributed by atoms with Crippen molar-refractivity contribution in [3.8, 4) is 16.9 Å². The van der Waals surface area contributed by atoms with Crippen LogP contribution in [0.15, 0.2) is 66.7 Å². The molecule has 0 saturated carbocycles. The van der Waals surface area contributed by atoms with E-state index < -0.39 is 5.97 Å². The normalized spacial score (nSPS) is 10.6. The van der Waals surface area contributed by atoms with Gasteiger partial charge in [-0.05, 0) is 61.7 Å². The number of aromatic nitrogens is 1. The van der Waals surface area contributed by atoms with Crippen molar-refractivity contribution in [2.45, 2.75) is 19.8 Å². The van der Waals surface area contributed by atoms with Gasteiger partial charge in [0, 0.05) is 17.4 Å². The van der Waals surface area contributed by atoms with E-state index in [1.165, 1.54) is 0 Å². The molecule has 0 aliphatic rings. The van der Waals surface area contributed by atoms with Crippen LogP contribution >= 0.6 is 0 Å². The number of esters is 1. The summed E-state index contributed by atoms with van der Waals surface area (Å²) in [7, 11) is 0. The average molecular weight is 362 g/mol. The Hall–Kier alpha value is -3.34. The van der Waals surface area contributed by atoms with Crippen LogP contribution < -0.4 is 5.11 Å². The number of hydrogen-bond acceptors (Lipinski definition) is 4. The lowest BCUT2D eigenvalue weighted by molar-refractivity contribution is -0.305. The molecule has 1 heterocycles. The van der Waals surface area contributed by atoms with E-state index in [0.29, 0.717) is 18.6 Å². The van der Waals surface area contributed by atoms with Gasteiger partial charge in [0.15, 0.2) is 0 Å². The van der Waals surface area contributed by atoms with Crippen molar-refractivity contribution in [2.75, 3.05) is 6.61 Å². The number of nitrogens with zero attached hydrogens (tertiary/aromatic N) is 1. The summed E-state index contributed by atoms with van der Waals surface area (Å²) in [5, 5.41) is 10.9. The molecule has 138 valence electrons. The highest BCUT2D eigenvalue weighted by Gasteiger charge is 2.13. The molecular formula is C22H20NO4-. The van der Waals surface area contributed by atoms with E-state index in [2.05, 4.69) is 0 Å². The zero-order valence-electron chi connectivity index (χ0n) is 15.1. The number of carbonyl (C=O) groups excluding carboxylic acids is 2. The highest BCUT2D eigenvalue weighted by molar-refractivity contribution is 5.89. The molecule has 5 nitrogen and oxygen atoms in total. The number of aryl methyl sites for hydroxylation is 1. The second-order valence-corrected chi connectivity index (χ2v) is 6.05. The fourth-order valence-electron chi connectivity index (χ4n) is 3.00. The summed E-state index contributed by atoms with van der Waals surface area (Å²) in [5.74, 6) is -1.45. The average Bonchev–Trinajstić information content (AvgIpc) is 3.11. The van der Waals surface area contributed by atoms with E-state index in [9.17, 15) is 14.7 Å². The Kier molecular flexibility index (Phi) is 5.71. The minimum absolute atomic E-state index is 0.0564. The van der Waals surface area contributed by atoms with Crippen molar-refractivity contribution >= 4 is 11.9 Å². The predicted octanol–water partition coefficient (Wildman–Crippen LogP) is 3.00. The first-order valence-electron chi connectivity index (χ1n) is 8.83. The first-order valence-corrected chi connectivity index (χ1v) is 8.83. The zero-order chi connectivity index (χ0) is 19.2. The van der Waals surface area contributed by atoms with Crippen LogP contribution in [0.25, 0.3) is 16.9 Å². The Bertz CT molecular complexity index is 927. The minimum atomic E-state index is -1.08. The number of rotatable bonds is 7. The summed E-state index contributed by atoms with van der Waals surface area (Å²) in [6, 6.07) is 20.8. The minimum Gasteiger partial charge on any atom is -0.550 e. The molecule has 3 aromatic rings. The van der Waals surface area contributed by atoms with Gasteiger partial charge in [0.2, 0.25) is 0 Å². The molecule has 0 unspecified atom stereocenters. The summed E-state index contributed by atoms with van der Waals surface area (Å²) in [5.41, 5.74) is 4.16.